The van der Waals surface area contributed by atoms with Gasteiger partial charge in [-0.1, -0.05) is 30.3 Å². The van der Waals surface area contributed by atoms with Crippen LogP contribution in [0.5, 0.6) is 0 Å². The molecule has 0 aliphatic heterocycles. The lowest BCUT2D eigenvalue weighted by Gasteiger charge is -2.03. The highest BCUT2D eigenvalue weighted by Crippen LogP contribution is 1.97. The fourth-order valence-electron chi connectivity index (χ4n) is 1.21. The Kier molecular flexibility index (Phi) is 4.34. The third-order valence-corrected chi connectivity index (χ3v) is 1.91. The molecule has 1 rings (SSSR count). The summed E-state index contributed by atoms with van der Waals surface area (Å²) in [7, 11) is 0. The zero-order valence-electron chi connectivity index (χ0n) is 8.40. The van der Waals surface area contributed by atoms with Crippen LogP contribution in [0.1, 0.15) is 12.0 Å². The normalized spacial score (nSPS) is 9.60. The van der Waals surface area contributed by atoms with Gasteiger partial charge in [0.25, 0.3) is 0 Å². The first-order chi connectivity index (χ1) is 7.18. The van der Waals surface area contributed by atoms with Crippen molar-refractivity contribution in [3.63, 3.8) is 0 Å². The highest BCUT2D eigenvalue weighted by atomic mass is 16.2. The molecule has 1 aromatic carbocycles. The van der Waals surface area contributed by atoms with Gasteiger partial charge in [-0.3, -0.25) is 9.59 Å². The lowest BCUT2D eigenvalue weighted by Crippen LogP contribution is -2.29. The number of nitrogens with two attached hydrogens (primary N) is 1. The zero-order chi connectivity index (χ0) is 11.1. The molecular formula is C11H14N2O2. The molecule has 4 nitrogen and oxygen atoms in total. The number of carbonyl (C=O) groups excluding carboxylic acids is 2. The fourth-order valence-corrected chi connectivity index (χ4v) is 1.21. The standard InChI is InChI=1S/C11H14N2O2/c12-10(14)8-11(15)13-7-6-9-4-2-1-3-5-9/h1-5H,6-8H2,(H2,12,14)(H,13,15). The van der Waals surface area contributed by atoms with Gasteiger partial charge in [0.2, 0.25) is 11.8 Å². The van der Waals surface area contributed by atoms with Crippen LogP contribution in [0, 0.1) is 0 Å². The summed E-state index contributed by atoms with van der Waals surface area (Å²) in [6, 6.07) is 9.80. The summed E-state index contributed by atoms with van der Waals surface area (Å²) >= 11 is 0. The Morgan fingerprint density at radius 1 is 1.20 bits per heavy atom. The maximum atomic E-state index is 11.0. The average Bonchev–Trinajstić information content (AvgIpc) is 2.18. The van der Waals surface area contributed by atoms with E-state index in [1.165, 1.54) is 0 Å². The molecule has 0 unspecified atom stereocenters. The molecule has 0 spiro atoms. The molecule has 2 amide bonds. The van der Waals surface area contributed by atoms with Crippen molar-refractivity contribution in [3.05, 3.63) is 35.9 Å². The Balaban J connectivity index is 2.22. The molecule has 0 atom stereocenters. The summed E-state index contributed by atoms with van der Waals surface area (Å²) in [5.74, 6) is -0.925. The second kappa shape index (κ2) is 5.80. The molecule has 80 valence electrons. The number of amides is 2. The minimum Gasteiger partial charge on any atom is -0.369 e. The van der Waals surface area contributed by atoms with Gasteiger partial charge in [-0.25, -0.2) is 0 Å². The Hall–Kier alpha value is -1.84. The first-order valence-electron chi connectivity index (χ1n) is 4.77. The van der Waals surface area contributed by atoms with Crippen LogP contribution in [-0.2, 0) is 16.0 Å². The van der Waals surface area contributed by atoms with Gasteiger partial charge < -0.3 is 11.1 Å². The molecule has 0 saturated carbocycles. The van der Waals surface area contributed by atoms with Gasteiger partial charge in [0.05, 0.1) is 0 Å². The van der Waals surface area contributed by atoms with E-state index in [9.17, 15) is 9.59 Å². The van der Waals surface area contributed by atoms with Crippen LogP contribution in [0.3, 0.4) is 0 Å². The average molecular weight is 206 g/mol. The van der Waals surface area contributed by atoms with Crippen LogP contribution in [0.2, 0.25) is 0 Å². The molecule has 15 heavy (non-hydrogen) atoms. The van der Waals surface area contributed by atoms with Gasteiger partial charge in [0.1, 0.15) is 6.42 Å². The smallest absolute Gasteiger partial charge is 0.229 e. The number of hydrogen-bond acceptors (Lipinski definition) is 2. The highest BCUT2D eigenvalue weighted by Gasteiger charge is 2.04. The maximum Gasteiger partial charge on any atom is 0.229 e. The fraction of sp³-hybridized carbons (Fsp3) is 0.273. The number of rotatable bonds is 5. The number of benzene rings is 1. The predicted molar refractivity (Wildman–Crippen MR) is 57.0 cm³/mol. The van der Waals surface area contributed by atoms with Crippen molar-refractivity contribution in [1.82, 2.24) is 5.32 Å². The molecule has 0 radical (unpaired) electrons. The predicted octanol–water partition coefficient (Wildman–Crippen LogP) is 0.221. The third-order valence-electron chi connectivity index (χ3n) is 1.91. The highest BCUT2D eigenvalue weighted by molar-refractivity contribution is 5.95. The van der Waals surface area contributed by atoms with Crippen LogP contribution < -0.4 is 11.1 Å². The van der Waals surface area contributed by atoms with E-state index in [1.807, 2.05) is 30.3 Å². The first kappa shape index (κ1) is 11.2. The summed E-state index contributed by atoms with van der Waals surface area (Å²) in [4.78, 5) is 21.4. The Morgan fingerprint density at radius 3 is 2.47 bits per heavy atom. The topological polar surface area (TPSA) is 72.2 Å². The van der Waals surface area contributed by atoms with Crippen LogP contribution in [0.25, 0.3) is 0 Å². The molecule has 3 N–H and O–H groups in total. The van der Waals surface area contributed by atoms with Gasteiger partial charge in [0, 0.05) is 6.54 Å². The molecular weight excluding hydrogens is 192 g/mol. The van der Waals surface area contributed by atoms with Gasteiger partial charge in [0.15, 0.2) is 0 Å². The summed E-state index contributed by atoms with van der Waals surface area (Å²) in [6.07, 6.45) is 0.514. The van der Waals surface area contributed by atoms with Crippen LogP contribution in [0.15, 0.2) is 30.3 Å². The second-order valence-corrected chi connectivity index (χ2v) is 3.23. The number of hydrogen-bond donors (Lipinski definition) is 2. The van der Waals surface area contributed by atoms with Crippen molar-refractivity contribution in [2.75, 3.05) is 6.54 Å². The zero-order valence-corrected chi connectivity index (χ0v) is 8.40. The molecule has 0 aliphatic carbocycles. The quantitative estimate of drug-likeness (QED) is 0.676. The van der Waals surface area contributed by atoms with Gasteiger partial charge in [-0.05, 0) is 12.0 Å². The number of primary amides is 1. The van der Waals surface area contributed by atoms with Crippen molar-refractivity contribution in [2.45, 2.75) is 12.8 Å². The van der Waals surface area contributed by atoms with Crippen LogP contribution in [0.4, 0.5) is 0 Å². The molecule has 0 aliphatic rings. The van der Waals surface area contributed by atoms with Crippen LogP contribution >= 0.6 is 0 Å². The van der Waals surface area contributed by atoms with E-state index in [0.29, 0.717) is 6.54 Å². The Bertz CT molecular complexity index is 336. The third kappa shape index (κ3) is 4.81. The minimum absolute atomic E-state index is 0.241. The monoisotopic (exact) mass is 206 g/mol. The second-order valence-electron chi connectivity index (χ2n) is 3.23. The Morgan fingerprint density at radius 2 is 1.87 bits per heavy atom. The van der Waals surface area contributed by atoms with E-state index in [4.69, 9.17) is 5.73 Å². The molecule has 0 bridgehead atoms. The van der Waals surface area contributed by atoms with E-state index >= 15 is 0 Å². The largest absolute Gasteiger partial charge is 0.369 e. The molecule has 0 heterocycles. The molecule has 4 heteroatoms. The maximum absolute atomic E-state index is 11.0. The molecule has 0 saturated heterocycles. The van der Waals surface area contributed by atoms with E-state index in [2.05, 4.69) is 5.32 Å². The van der Waals surface area contributed by atoms with Gasteiger partial charge >= 0.3 is 0 Å². The van der Waals surface area contributed by atoms with E-state index in [0.717, 1.165) is 12.0 Å². The van der Waals surface area contributed by atoms with E-state index < -0.39 is 5.91 Å². The van der Waals surface area contributed by atoms with Crippen molar-refractivity contribution >= 4 is 11.8 Å². The SMILES string of the molecule is NC(=O)CC(=O)NCCc1ccccc1. The van der Waals surface area contributed by atoms with E-state index in [-0.39, 0.29) is 12.3 Å². The first-order valence-corrected chi connectivity index (χ1v) is 4.77. The molecule has 0 aromatic heterocycles. The van der Waals surface area contributed by atoms with Gasteiger partial charge in [-0.15, -0.1) is 0 Å². The van der Waals surface area contributed by atoms with Crippen molar-refractivity contribution in [1.29, 1.82) is 0 Å². The van der Waals surface area contributed by atoms with Crippen molar-refractivity contribution < 1.29 is 9.59 Å². The van der Waals surface area contributed by atoms with Crippen molar-refractivity contribution in [2.24, 2.45) is 5.73 Å². The Labute approximate surface area is 88.5 Å². The minimum atomic E-state index is -0.604. The van der Waals surface area contributed by atoms with Crippen LogP contribution in [-0.4, -0.2) is 18.4 Å². The van der Waals surface area contributed by atoms with Crippen molar-refractivity contribution in [3.8, 4) is 0 Å². The molecule has 0 fully saturated rings. The summed E-state index contributed by atoms with van der Waals surface area (Å²) < 4.78 is 0. The lowest BCUT2D eigenvalue weighted by atomic mass is 10.1. The van der Waals surface area contributed by atoms with E-state index in [1.54, 1.807) is 0 Å². The lowest BCUT2D eigenvalue weighted by molar-refractivity contribution is -0.127. The summed E-state index contributed by atoms with van der Waals surface area (Å²) in [6.45, 7) is 0.524. The number of carbonyl (C=O) groups is 2. The molecule has 1 aromatic rings. The summed E-state index contributed by atoms with van der Waals surface area (Å²) in [5.41, 5.74) is 6.03. The number of nitrogens with one attached hydrogen (secondary N) is 1. The summed E-state index contributed by atoms with van der Waals surface area (Å²) in [5, 5.41) is 2.62. The van der Waals surface area contributed by atoms with Gasteiger partial charge in [-0.2, -0.15) is 0 Å².